The van der Waals surface area contributed by atoms with Crippen molar-refractivity contribution in [2.75, 3.05) is 24.6 Å². The van der Waals surface area contributed by atoms with Crippen LogP contribution in [-0.4, -0.2) is 39.1 Å². The number of carbonyl (C=O) groups is 1. The lowest BCUT2D eigenvalue weighted by Crippen LogP contribution is -2.40. The fourth-order valence-electron chi connectivity index (χ4n) is 3.13. The molecule has 3 aromatic rings. The van der Waals surface area contributed by atoms with Crippen molar-refractivity contribution in [3.05, 3.63) is 78.4 Å². The molecule has 172 valence electrons. The Kier molecular flexibility index (Phi) is 7.28. The predicted molar refractivity (Wildman–Crippen MR) is 127 cm³/mol. The summed E-state index contributed by atoms with van der Waals surface area (Å²) < 4.78 is 29.3. The lowest BCUT2D eigenvalue weighted by atomic mass is 10.0. The van der Waals surface area contributed by atoms with Gasteiger partial charge in [-0.05, 0) is 24.3 Å². The normalized spacial score (nSPS) is 11.0. The van der Waals surface area contributed by atoms with Gasteiger partial charge >= 0.3 is 6.03 Å². The predicted octanol–water partition coefficient (Wildman–Crippen LogP) is 2.75. The van der Waals surface area contributed by atoms with Crippen molar-refractivity contribution in [1.82, 2.24) is 5.01 Å². The van der Waals surface area contributed by atoms with Crippen molar-refractivity contribution < 1.29 is 17.9 Å². The molecule has 0 atom stereocenters. The minimum absolute atomic E-state index is 0.0559. The van der Waals surface area contributed by atoms with E-state index in [2.05, 4.69) is 10.7 Å². The molecule has 10 nitrogen and oxygen atoms in total. The minimum atomic E-state index is -3.99. The minimum Gasteiger partial charge on any atom is -0.384 e. The molecule has 0 unspecified atom stereocenters. The quantitative estimate of drug-likeness (QED) is 0.148. The molecule has 2 amide bonds. The van der Waals surface area contributed by atoms with Gasteiger partial charge in [0.2, 0.25) is 10.0 Å². The number of nitrogen functional groups attached to an aromatic ring is 1. The van der Waals surface area contributed by atoms with Gasteiger partial charge in [0.15, 0.2) is 0 Å². The number of hydrogen-bond acceptors (Lipinski definition) is 6. The van der Waals surface area contributed by atoms with E-state index in [9.17, 15) is 13.2 Å². The number of hydrazine groups is 1. The van der Waals surface area contributed by atoms with Crippen LogP contribution in [0.25, 0.3) is 11.1 Å². The number of amidine groups is 1. The Morgan fingerprint density at radius 2 is 1.70 bits per heavy atom. The third kappa shape index (κ3) is 5.86. The average Bonchev–Trinajstić information content (AvgIpc) is 2.79. The Bertz CT molecular complexity index is 1280. The fourth-order valence-corrected chi connectivity index (χ4v) is 3.88. The molecule has 11 heteroatoms. The zero-order chi connectivity index (χ0) is 24.0. The molecule has 0 aliphatic carbocycles. The summed E-state index contributed by atoms with van der Waals surface area (Å²) in [6, 6.07) is 19.2. The number of carbonyl (C=O) groups excluding carboxylic acids is 1. The van der Waals surface area contributed by atoms with Crippen LogP contribution >= 0.6 is 0 Å². The number of urea groups is 1. The number of primary sulfonamides is 1. The lowest BCUT2D eigenvalue weighted by Gasteiger charge is -2.24. The first-order valence-electron chi connectivity index (χ1n) is 9.70. The summed E-state index contributed by atoms with van der Waals surface area (Å²) in [5.74, 6) is -0.108. The van der Waals surface area contributed by atoms with Crippen LogP contribution in [0, 0.1) is 5.41 Å². The Balaban J connectivity index is 1.91. The first-order valence-corrected chi connectivity index (χ1v) is 11.2. The number of methoxy groups -OCH3 is 1. The second-order valence-electron chi connectivity index (χ2n) is 6.97. The van der Waals surface area contributed by atoms with Crippen LogP contribution in [0.4, 0.5) is 16.2 Å². The topological polar surface area (TPSA) is 164 Å². The fraction of sp³-hybridized carbons (Fsp3) is 0.0909. The maximum Gasteiger partial charge on any atom is 0.342 e. The first kappa shape index (κ1) is 23.7. The number of benzene rings is 3. The van der Waals surface area contributed by atoms with E-state index in [0.717, 1.165) is 0 Å². The lowest BCUT2D eigenvalue weighted by molar-refractivity contribution is 0.102. The molecule has 0 saturated carbocycles. The van der Waals surface area contributed by atoms with Crippen LogP contribution in [0.2, 0.25) is 0 Å². The summed E-state index contributed by atoms with van der Waals surface area (Å²) in [6.07, 6.45) is 0. The third-order valence-electron chi connectivity index (χ3n) is 4.59. The van der Waals surface area contributed by atoms with E-state index in [1.807, 2.05) is 0 Å². The molecule has 0 saturated heterocycles. The number of anilines is 2. The number of sulfonamides is 1. The first-order chi connectivity index (χ1) is 15.7. The van der Waals surface area contributed by atoms with Crippen LogP contribution in [0.3, 0.4) is 0 Å². The van der Waals surface area contributed by atoms with E-state index >= 15 is 0 Å². The van der Waals surface area contributed by atoms with E-state index in [1.165, 1.54) is 18.2 Å². The number of rotatable bonds is 8. The van der Waals surface area contributed by atoms with Gasteiger partial charge in [-0.1, -0.05) is 48.5 Å². The Labute approximate surface area is 191 Å². The van der Waals surface area contributed by atoms with E-state index < -0.39 is 16.1 Å². The van der Waals surface area contributed by atoms with E-state index in [-0.39, 0.29) is 17.5 Å². The third-order valence-corrected chi connectivity index (χ3v) is 5.56. The number of amides is 2. The van der Waals surface area contributed by atoms with Crippen molar-refractivity contribution in [3.8, 4) is 11.1 Å². The number of nitrogens with one attached hydrogen (secondary N) is 3. The molecule has 3 aromatic carbocycles. The van der Waals surface area contributed by atoms with Gasteiger partial charge in [0.25, 0.3) is 0 Å². The summed E-state index contributed by atoms with van der Waals surface area (Å²) in [6.45, 7) is -0.105. The van der Waals surface area contributed by atoms with E-state index in [4.69, 9.17) is 21.0 Å². The van der Waals surface area contributed by atoms with Crippen molar-refractivity contribution >= 4 is 33.3 Å². The second kappa shape index (κ2) is 10.1. The molecule has 0 spiro atoms. The van der Waals surface area contributed by atoms with Crippen LogP contribution in [0.15, 0.2) is 77.7 Å². The number of para-hydroxylation sites is 1. The average molecular weight is 469 g/mol. The van der Waals surface area contributed by atoms with E-state index in [1.54, 1.807) is 66.7 Å². The van der Waals surface area contributed by atoms with Crippen molar-refractivity contribution in [1.29, 1.82) is 5.41 Å². The van der Waals surface area contributed by atoms with Gasteiger partial charge in [0, 0.05) is 23.8 Å². The van der Waals surface area contributed by atoms with Gasteiger partial charge in [-0.3, -0.25) is 10.8 Å². The zero-order valence-corrected chi connectivity index (χ0v) is 18.6. The van der Waals surface area contributed by atoms with Gasteiger partial charge in [-0.25, -0.2) is 23.4 Å². The van der Waals surface area contributed by atoms with Crippen LogP contribution in [-0.2, 0) is 14.8 Å². The number of nitrogens with zero attached hydrogens (tertiary/aromatic N) is 1. The van der Waals surface area contributed by atoms with Crippen molar-refractivity contribution in [2.45, 2.75) is 4.90 Å². The molecule has 0 aliphatic heterocycles. The SMILES string of the molecule is COCN(Nc1cccc(C(=N)N)c1)C(=O)Nc1ccccc1-c1ccccc1S(N)(=O)=O. The molecule has 0 aromatic heterocycles. The summed E-state index contributed by atoms with van der Waals surface area (Å²) >= 11 is 0. The molecular formula is C22H24N6O4S. The van der Waals surface area contributed by atoms with Gasteiger partial charge in [0.1, 0.15) is 12.6 Å². The van der Waals surface area contributed by atoms with Crippen molar-refractivity contribution in [3.63, 3.8) is 0 Å². The highest BCUT2D eigenvalue weighted by Crippen LogP contribution is 2.32. The maximum absolute atomic E-state index is 13.1. The largest absolute Gasteiger partial charge is 0.384 e. The van der Waals surface area contributed by atoms with Gasteiger partial charge < -0.3 is 15.8 Å². The molecule has 33 heavy (non-hydrogen) atoms. The second-order valence-corrected chi connectivity index (χ2v) is 8.50. The Morgan fingerprint density at radius 1 is 1.03 bits per heavy atom. The van der Waals surface area contributed by atoms with Crippen LogP contribution < -0.4 is 21.6 Å². The van der Waals surface area contributed by atoms with Gasteiger partial charge in [-0.2, -0.15) is 0 Å². The summed E-state index contributed by atoms with van der Waals surface area (Å²) in [5.41, 5.74) is 10.7. The van der Waals surface area contributed by atoms with Crippen LogP contribution in [0.5, 0.6) is 0 Å². The van der Waals surface area contributed by atoms with E-state index in [0.29, 0.717) is 28.1 Å². The summed E-state index contributed by atoms with van der Waals surface area (Å²) in [5, 5.41) is 16.9. The Hall–Kier alpha value is -3.93. The number of ether oxygens (including phenoxy) is 1. The molecule has 3 rings (SSSR count). The summed E-state index contributed by atoms with van der Waals surface area (Å²) in [4.78, 5) is 13.0. The molecule has 0 heterocycles. The molecular weight excluding hydrogens is 444 g/mol. The van der Waals surface area contributed by atoms with Crippen molar-refractivity contribution in [2.24, 2.45) is 10.9 Å². The van der Waals surface area contributed by atoms with Crippen LogP contribution in [0.1, 0.15) is 5.56 Å². The monoisotopic (exact) mass is 468 g/mol. The number of nitrogens with two attached hydrogens (primary N) is 2. The Morgan fingerprint density at radius 3 is 2.36 bits per heavy atom. The molecule has 0 aliphatic rings. The molecule has 0 radical (unpaired) electrons. The molecule has 0 fully saturated rings. The highest BCUT2D eigenvalue weighted by Gasteiger charge is 2.20. The molecule has 7 N–H and O–H groups in total. The number of hydrogen-bond donors (Lipinski definition) is 5. The van der Waals surface area contributed by atoms with Gasteiger partial charge in [0.05, 0.1) is 16.3 Å². The highest BCUT2D eigenvalue weighted by atomic mass is 32.2. The maximum atomic E-state index is 13.1. The highest BCUT2D eigenvalue weighted by molar-refractivity contribution is 7.89. The molecule has 0 bridgehead atoms. The van der Waals surface area contributed by atoms with Gasteiger partial charge in [-0.15, -0.1) is 0 Å². The standard InChI is InChI=1S/C22H24N6O4S/c1-32-14-28(27-16-8-6-7-15(13-16)21(23)24)22(29)26-19-11-4-2-9-17(19)18-10-3-5-12-20(18)33(25,30)31/h2-13,27H,14H2,1H3,(H3,23,24)(H,26,29)(H2,25,30,31). The smallest absolute Gasteiger partial charge is 0.342 e. The zero-order valence-electron chi connectivity index (χ0n) is 17.8. The summed E-state index contributed by atoms with van der Waals surface area (Å²) in [7, 11) is -2.55.